The molecule has 0 saturated heterocycles. The van der Waals surface area contributed by atoms with Gasteiger partial charge < -0.3 is 9.88 Å². The van der Waals surface area contributed by atoms with E-state index < -0.39 is 0 Å². The Morgan fingerprint density at radius 3 is 2.46 bits per heavy atom. The van der Waals surface area contributed by atoms with Crippen LogP contribution in [-0.2, 0) is 11.3 Å². The van der Waals surface area contributed by atoms with E-state index in [4.69, 9.17) is 0 Å². The van der Waals surface area contributed by atoms with E-state index in [0.29, 0.717) is 5.92 Å². The minimum Gasteiger partial charge on any atom is -0.325 e. The number of hydrogen-bond donors (Lipinski definition) is 1. The number of hydrogen-bond acceptors (Lipinski definition) is 5. The molecule has 0 radical (unpaired) electrons. The van der Waals surface area contributed by atoms with E-state index in [-0.39, 0.29) is 11.7 Å². The lowest BCUT2D eigenvalue weighted by Gasteiger charge is -2.10. The van der Waals surface area contributed by atoms with Crippen LogP contribution in [0.4, 0.5) is 5.69 Å². The molecule has 0 aliphatic heterocycles. The van der Waals surface area contributed by atoms with Crippen molar-refractivity contribution in [2.45, 2.75) is 44.8 Å². The molecule has 2 aromatic heterocycles. The van der Waals surface area contributed by atoms with Crippen molar-refractivity contribution in [2.75, 3.05) is 11.1 Å². The molecular formula is C21H25N5OS. The summed E-state index contributed by atoms with van der Waals surface area (Å²) in [6.45, 7) is 7.14. The van der Waals surface area contributed by atoms with Crippen LogP contribution < -0.4 is 5.32 Å². The number of amides is 1. The highest BCUT2D eigenvalue weighted by atomic mass is 32.2. The summed E-state index contributed by atoms with van der Waals surface area (Å²) in [5.41, 5.74) is 3.06. The smallest absolute Gasteiger partial charge is 0.234 e. The van der Waals surface area contributed by atoms with Crippen LogP contribution in [0, 0.1) is 0 Å². The van der Waals surface area contributed by atoms with Crippen LogP contribution in [0.1, 0.15) is 38.7 Å². The summed E-state index contributed by atoms with van der Waals surface area (Å²) in [6.07, 6.45) is 4.57. The Bertz CT molecular complexity index is 908. The Morgan fingerprint density at radius 2 is 1.82 bits per heavy atom. The summed E-state index contributed by atoms with van der Waals surface area (Å²) in [5.74, 6) is 1.53. The highest BCUT2D eigenvalue weighted by Gasteiger charge is 2.14. The fourth-order valence-electron chi connectivity index (χ4n) is 2.85. The summed E-state index contributed by atoms with van der Waals surface area (Å²) in [6, 6.07) is 11.9. The Kier molecular flexibility index (Phi) is 6.81. The minimum atomic E-state index is -0.0580. The van der Waals surface area contributed by atoms with Gasteiger partial charge in [0.05, 0.1) is 5.75 Å². The predicted octanol–water partition coefficient (Wildman–Crippen LogP) is 4.60. The first kappa shape index (κ1) is 20.1. The van der Waals surface area contributed by atoms with Gasteiger partial charge in [0.2, 0.25) is 5.91 Å². The maximum Gasteiger partial charge on any atom is 0.234 e. The number of thioether (sulfide) groups is 1. The standard InChI is InChI=1S/C21H25N5OS/c1-4-15(3)16-6-8-18(9-7-16)23-19(27)14-28-21-25-24-20(26(21)5-2)17-10-12-22-13-11-17/h6-13,15H,4-5,14H2,1-3H3,(H,23,27). The van der Waals surface area contributed by atoms with Crippen molar-refractivity contribution < 1.29 is 4.79 Å². The predicted molar refractivity (Wildman–Crippen MR) is 113 cm³/mol. The molecule has 1 atom stereocenters. The molecule has 146 valence electrons. The van der Waals surface area contributed by atoms with Gasteiger partial charge in [0.1, 0.15) is 0 Å². The van der Waals surface area contributed by atoms with E-state index in [0.717, 1.165) is 35.2 Å². The molecule has 1 unspecified atom stereocenters. The van der Waals surface area contributed by atoms with Crippen LogP contribution in [0.15, 0.2) is 53.9 Å². The molecule has 0 bridgehead atoms. The topological polar surface area (TPSA) is 72.7 Å². The molecule has 2 heterocycles. The normalized spacial score (nSPS) is 12.0. The molecule has 3 rings (SSSR count). The second kappa shape index (κ2) is 9.50. The Hall–Kier alpha value is -2.67. The van der Waals surface area contributed by atoms with Gasteiger partial charge in [-0.15, -0.1) is 10.2 Å². The van der Waals surface area contributed by atoms with Crippen molar-refractivity contribution in [3.8, 4) is 11.4 Å². The number of benzene rings is 1. The third kappa shape index (κ3) is 4.78. The quantitative estimate of drug-likeness (QED) is 0.564. The van der Waals surface area contributed by atoms with Gasteiger partial charge in [-0.2, -0.15) is 0 Å². The number of rotatable bonds is 8. The third-order valence-electron chi connectivity index (χ3n) is 4.68. The van der Waals surface area contributed by atoms with E-state index in [2.05, 4.69) is 46.5 Å². The van der Waals surface area contributed by atoms with E-state index in [1.807, 2.05) is 35.8 Å². The van der Waals surface area contributed by atoms with Crippen molar-refractivity contribution in [3.05, 3.63) is 54.4 Å². The summed E-state index contributed by atoms with van der Waals surface area (Å²) in [5, 5.41) is 12.2. The lowest BCUT2D eigenvalue weighted by molar-refractivity contribution is -0.113. The van der Waals surface area contributed by atoms with E-state index in [1.165, 1.54) is 17.3 Å². The zero-order valence-corrected chi connectivity index (χ0v) is 17.2. The first-order chi connectivity index (χ1) is 13.6. The zero-order chi connectivity index (χ0) is 19.9. The van der Waals surface area contributed by atoms with Gasteiger partial charge in [0.15, 0.2) is 11.0 Å². The van der Waals surface area contributed by atoms with Crippen LogP contribution in [0.25, 0.3) is 11.4 Å². The van der Waals surface area contributed by atoms with E-state index in [1.54, 1.807) is 12.4 Å². The van der Waals surface area contributed by atoms with Crippen LogP contribution in [0.2, 0.25) is 0 Å². The van der Waals surface area contributed by atoms with Crippen molar-refractivity contribution >= 4 is 23.4 Å². The molecule has 1 amide bonds. The number of carbonyl (C=O) groups is 1. The molecule has 0 fully saturated rings. The van der Waals surface area contributed by atoms with Crippen molar-refractivity contribution in [1.82, 2.24) is 19.7 Å². The molecule has 0 aliphatic carbocycles. The molecule has 1 N–H and O–H groups in total. The van der Waals surface area contributed by atoms with Gasteiger partial charge in [-0.3, -0.25) is 9.78 Å². The highest BCUT2D eigenvalue weighted by Crippen LogP contribution is 2.24. The van der Waals surface area contributed by atoms with Crippen LogP contribution in [0.3, 0.4) is 0 Å². The van der Waals surface area contributed by atoms with E-state index in [9.17, 15) is 4.79 Å². The molecule has 6 nitrogen and oxygen atoms in total. The maximum atomic E-state index is 12.3. The first-order valence-electron chi connectivity index (χ1n) is 9.48. The van der Waals surface area contributed by atoms with Crippen molar-refractivity contribution in [1.29, 1.82) is 0 Å². The number of nitrogens with zero attached hydrogens (tertiary/aromatic N) is 4. The monoisotopic (exact) mass is 395 g/mol. The molecule has 0 aliphatic rings. The van der Waals surface area contributed by atoms with Gasteiger partial charge >= 0.3 is 0 Å². The Labute approximate surface area is 169 Å². The molecule has 0 saturated carbocycles. The molecule has 1 aromatic carbocycles. The fraction of sp³-hybridized carbons (Fsp3) is 0.333. The molecule has 28 heavy (non-hydrogen) atoms. The second-order valence-corrected chi connectivity index (χ2v) is 7.50. The minimum absolute atomic E-state index is 0.0580. The molecule has 7 heteroatoms. The second-order valence-electron chi connectivity index (χ2n) is 6.55. The lowest BCUT2D eigenvalue weighted by atomic mass is 9.99. The van der Waals surface area contributed by atoms with Gasteiger partial charge in [-0.25, -0.2) is 0 Å². The summed E-state index contributed by atoms with van der Waals surface area (Å²) in [4.78, 5) is 16.4. The Balaban J connectivity index is 1.61. The number of pyridine rings is 1. The van der Waals surface area contributed by atoms with Crippen LogP contribution in [0.5, 0.6) is 0 Å². The summed E-state index contributed by atoms with van der Waals surface area (Å²) < 4.78 is 2.01. The largest absolute Gasteiger partial charge is 0.325 e. The van der Waals surface area contributed by atoms with Crippen LogP contribution >= 0.6 is 11.8 Å². The average Bonchev–Trinajstić information content (AvgIpc) is 3.16. The van der Waals surface area contributed by atoms with Gasteiger partial charge in [0.25, 0.3) is 0 Å². The van der Waals surface area contributed by atoms with Crippen LogP contribution in [-0.4, -0.2) is 31.4 Å². The molecular weight excluding hydrogens is 370 g/mol. The van der Waals surface area contributed by atoms with Crippen molar-refractivity contribution in [2.24, 2.45) is 0 Å². The first-order valence-corrected chi connectivity index (χ1v) is 10.5. The van der Waals surface area contributed by atoms with E-state index >= 15 is 0 Å². The summed E-state index contributed by atoms with van der Waals surface area (Å²) in [7, 11) is 0. The zero-order valence-electron chi connectivity index (χ0n) is 16.4. The SMILES string of the molecule is CCC(C)c1ccc(NC(=O)CSc2nnc(-c3ccncc3)n2CC)cc1. The number of aromatic nitrogens is 4. The number of nitrogens with one attached hydrogen (secondary N) is 1. The number of anilines is 1. The highest BCUT2D eigenvalue weighted by molar-refractivity contribution is 7.99. The third-order valence-corrected chi connectivity index (χ3v) is 5.65. The van der Waals surface area contributed by atoms with Gasteiger partial charge in [0, 0.05) is 30.2 Å². The fourth-order valence-corrected chi connectivity index (χ4v) is 3.66. The molecule has 3 aromatic rings. The average molecular weight is 396 g/mol. The van der Waals surface area contributed by atoms with Crippen molar-refractivity contribution in [3.63, 3.8) is 0 Å². The summed E-state index contributed by atoms with van der Waals surface area (Å²) >= 11 is 1.39. The van der Waals surface area contributed by atoms with Gasteiger partial charge in [-0.1, -0.05) is 37.7 Å². The maximum absolute atomic E-state index is 12.3. The van der Waals surface area contributed by atoms with Gasteiger partial charge in [-0.05, 0) is 49.1 Å². The molecule has 0 spiro atoms. The lowest BCUT2D eigenvalue weighted by Crippen LogP contribution is -2.14. The number of carbonyl (C=O) groups excluding carboxylic acids is 1. The Morgan fingerprint density at radius 1 is 1.11 bits per heavy atom.